The number of halogens is 1. The van der Waals surface area contributed by atoms with Crippen molar-refractivity contribution >= 4 is 6.09 Å². The van der Waals surface area contributed by atoms with Crippen LogP contribution >= 0.6 is 0 Å². The second kappa shape index (κ2) is 6.14. The first-order valence-electron chi connectivity index (χ1n) is 6.25. The van der Waals surface area contributed by atoms with Crippen LogP contribution in [0.3, 0.4) is 0 Å². The lowest BCUT2D eigenvalue weighted by atomic mass is 9.95. The molecule has 104 valence electrons. The molecule has 0 aliphatic heterocycles. The van der Waals surface area contributed by atoms with Crippen LogP contribution < -0.4 is 5.32 Å². The third-order valence-corrected chi connectivity index (χ3v) is 2.96. The van der Waals surface area contributed by atoms with Crippen LogP contribution in [0.2, 0.25) is 0 Å². The number of carboxylic acid groups (broad SMARTS) is 1. The number of pyridine rings is 1. The average Bonchev–Trinajstić information content (AvgIpc) is 2.39. The molecule has 2 rings (SSSR count). The van der Waals surface area contributed by atoms with Gasteiger partial charge in [-0.1, -0.05) is 12.1 Å². The Morgan fingerprint density at radius 3 is 2.70 bits per heavy atom. The van der Waals surface area contributed by atoms with E-state index in [1.807, 2.05) is 0 Å². The van der Waals surface area contributed by atoms with Crippen LogP contribution in [0, 0.1) is 5.82 Å². The minimum Gasteiger partial charge on any atom is -0.465 e. The first-order chi connectivity index (χ1) is 9.58. The molecule has 1 heterocycles. The molecule has 1 aromatic heterocycles. The summed E-state index contributed by atoms with van der Waals surface area (Å²) in [5.74, 6) is -0.323. The van der Waals surface area contributed by atoms with Gasteiger partial charge in [0.1, 0.15) is 5.82 Å². The molecule has 0 spiro atoms. The summed E-state index contributed by atoms with van der Waals surface area (Å²) < 4.78 is 14.1. The third kappa shape index (κ3) is 3.32. The van der Waals surface area contributed by atoms with Crippen molar-refractivity contribution in [3.8, 4) is 11.1 Å². The van der Waals surface area contributed by atoms with E-state index in [0.29, 0.717) is 12.0 Å². The van der Waals surface area contributed by atoms with Crippen LogP contribution in [0.1, 0.15) is 12.5 Å². The van der Waals surface area contributed by atoms with E-state index in [1.54, 1.807) is 43.6 Å². The van der Waals surface area contributed by atoms with Gasteiger partial charge in [0.2, 0.25) is 0 Å². The van der Waals surface area contributed by atoms with E-state index in [4.69, 9.17) is 5.11 Å². The molecule has 0 aliphatic rings. The summed E-state index contributed by atoms with van der Waals surface area (Å²) in [4.78, 5) is 14.5. The van der Waals surface area contributed by atoms with Crippen molar-refractivity contribution in [2.24, 2.45) is 0 Å². The summed E-state index contributed by atoms with van der Waals surface area (Å²) in [7, 11) is 0. The summed E-state index contributed by atoms with van der Waals surface area (Å²) in [6, 6.07) is 8.00. The molecule has 0 radical (unpaired) electrons. The van der Waals surface area contributed by atoms with Gasteiger partial charge < -0.3 is 10.4 Å². The topological polar surface area (TPSA) is 62.2 Å². The fraction of sp³-hybridized carbons (Fsp3) is 0.200. The largest absolute Gasteiger partial charge is 0.465 e. The highest BCUT2D eigenvalue weighted by atomic mass is 19.1. The van der Waals surface area contributed by atoms with Gasteiger partial charge in [-0.2, -0.15) is 0 Å². The number of nitrogens with zero attached hydrogens (tertiary/aromatic N) is 1. The molecule has 1 unspecified atom stereocenters. The van der Waals surface area contributed by atoms with Gasteiger partial charge in [0, 0.05) is 24.0 Å². The van der Waals surface area contributed by atoms with Crippen LogP contribution in [0.4, 0.5) is 9.18 Å². The lowest BCUT2D eigenvalue weighted by molar-refractivity contribution is 0.190. The van der Waals surface area contributed by atoms with Crippen LogP contribution in [0.25, 0.3) is 11.1 Å². The molecule has 0 fully saturated rings. The summed E-state index contributed by atoms with van der Waals surface area (Å²) in [5, 5.41) is 11.1. The lowest BCUT2D eigenvalue weighted by Gasteiger charge is -2.15. The number of carbonyl (C=O) groups is 1. The third-order valence-electron chi connectivity index (χ3n) is 2.96. The van der Waals surface area contributed by atoms with Crippen molar-refractivity contribution in [1.29, 1.82) is 0 Å². The number of nitrogens with one attached hydrogen (secondary N) is 1. The molecule has 0 saturated carbocycles. The van der Waals surface area contributed by atoms with E-state index >= 15 is 0 Å². The zero-order valence-corrected chi connectivity index (χ0v) is 11.0. The standard InChI is InChI=1S/C15H15FN2O2/c1-10(18-15(19)20)9-12-3-2-4-13(16)14(12)11-5-7-17-8-6-11/h2-8,10,18H,9H2,1H3,(H,19,20). The van der Waals surface area contributed by atoms with Gasteiger partial charge in [0.05, 0.1) is 0 Å². The molecule has 0 saturated heterocycles. The molecule has 1 amide bonds. The van der Waals surface area contributed by atoms with Gasteiger partial charge in [-0.25, -0.2) is 9.18 Å². The van der Waals surface area contributed by atoms with Crippen LogP contribution in [-0.4, -0.2) is 22.2 Å². The van der Waals surface area contributed by atoms with E-state index < -0.39 is 6.09 Å². The molecule has 4 nitrogen and oxygen atoms in total. The highest BCUT2D eigenvalue weighted by molar-refractivity contribution is 5.68. The van der Waals surface area contributed by atoms with E-state index in [1.165, 1.54) is 6.07 Å². The zero-order chi connectivity index (χ0) is 14.5. The maximum atomic E-state index is 14.1. The Labute approximate surface area is 116 Å². The zero-order valence-electron chi connectivity index (χ0n) is 11.0. The predicted octanol–water partition coefficient (Wildman–Crippen LogP) is 3.09. The maximum absolute atomic E-state index is 14.1. The SMILES string of the molecule is CC(Cc1cccc(F)c1-c1ccncc1)NC(=O)O. The van der Waals surface area contributed by atoms with Gasteiger partial charge in [0.25, 0.3) is 0 Å². The van der Waals surface area contributed by atoms with Crippen molar-refractivity contribution in [3.63, 3.8) is 0 Å². The molecule has 0 bridgehead atoms. The van der Waals surface area contributed by atoms with Gasteiger partial charge >= 0.3 is 6.09 Å². The van der Waals surface area contributed by atoms with Gasteiger partial charge in [-0.3, -0.25) is 4.98 Å². The molecule has 20 heavy (non-hydrogen) atoms. The lowest BCUT2D eigenvalue weighted by Crippen LogP contribution is -2.32. The van der Waals surface area contributed by atoms with Crippen LogP contribution in [-0.2, 0) is 6.42 Å². The molecule has 2 N–H and O–H groups in total. The maximum Gasteiger partial charge on any atom is 0.404 e. The second-order valence-corrected chi connectivity index (χ2v) is 4.56. The van der Waals surface area contributed by atoms with Crippen LogP contribution in [0.15, 0.2) is 42.7 Å². The van der Waals surface area contributed by atoms with Crippen molar-refractivity contribution in [3.05, 3.63) is 54.1 Å². The molecule has 2 aromatic rings. The minimum absolute atomic E-state index is 0.296. The normalized spacial score (nSPS) is 11.9. The molecular weight excluding hydrogens is 259 g/mol. The Balaban J connectivity index is 2.34. The Bertz CT molecular complexity index is 602. The fourth-order valence-corrected chi connectivity index (χ4v) is 2.17. The Hall–Kier alpha value is -2.43. The molecule has 0 aliphatic carbocycles. The van der Waals surface area contributed by atoms with Gasteiger partial charge in [0.15, 0.2) is 0 Å². The van der Waals surface area contributed by atoms with E-state index in [0.717, 1.165) is 11.1 Å². The van der Waals surface area contributed by atoms with E-state index in [2.05, 4.69) is 10.3 Å². The van der Waals surface area contributed by atoms with Crippen molar-refractivity contribution in [1.82, 2.24) is 10.3 Å². The Morgan fingerprint density at radius 1 is 1.35 bits per heavy atom. The number of amides is 1. The van der Waals surface area contributed by atoms with E-state index in [-0.39, 0.29) is 11.9 Å². The number of rotatable bonds is 4. The van der Waals surface area contributed by atoms with Gasteiger partial charge in [-0.15, -0.1) is 0 Å². The quantitative estimate of drug-likeness (QED) is 0.900. The highest BCUT2D eigenvalue weighted by Gasteiger charge is 2.14. The van der Waals surface area contributed by atoms with Crippen molar-refractivity contribution in [2.75, 3.05) is 0 Å². The van der Waals surface area contributed by atoms with Gasteiger partial charge in [-0.05, 0) is 42.7 Å². The Kier molecular flexibility index (Phi) is 4.30. The van der Waals surface area contributed by atoms with E-state index in [9.17, 15) is 9.18 Å². The first kappa shape index (κ1) is 14.0. The van der Waals surface area contributed by atoms with Crippen LogP contribution in [0.5, 0.6) is 0 Å². The predicted molar refractivity (Wildman–Crippen MR) is 74.0 cm³/mol. The summed E-state index contributed by atoms with van der Waals surface area (Å²) >= 11 is 0. The molecule has 5 heteroatoms. The highest BCUT2D eigenvalue weighted by Crippen LogP contribution is 2.27. The number of benzene rings is 1. The summed E-state index contributed by atoms with van der Waals surface area (Å²) in [6.07, 6.45) is 2.54. The molecular formula is C15H15FN2O2. The number of aromatic nitrogens is 1. The average molecular weight is 274 g/mol. The summed E-state index contributed by atoms with van der Waals surface area (Å²) in [6.45, 7) is 1.75. The minimum atomic E-state index is -1.08. The fourth-order valence-electron chi connectivity index (χ4n) is 2.17. The summed E-state index contributed by atoms with van der Waals surface area (Å²) in [5.41, 5.74) is 1.99. The van der Waals surface area contributed by atoms with Crippen molar-refractivity contribution in [2.45, 2.75) is 19.4 Å². The second-order valence-electron chi connectivity index (χ2n) is 4.56. The number of hydrogen-bond donors (Lipinski definition) is 2. The smallest absolute Gasteiger partial charge is 0.404 e. The molecule has 1 atom stereocenters. The van der Waals surface area contributed by atoms with Crippen molar-refractivity contribution < 1.29 is 14.3 Å². The number of hydrogen-bond acceptors (Lipinski definition) is 2. The molecule has 1 aromatic carbocycles. The first-order valence-corrected chi connectivity index (χ1v) is 6.25. The Morgan fingerprint density at radius 2 is 2.05 bits per heavy atom. The monoisotopic (exact) mass is 274 g/mol.